The number of hydrogen-bond donors (Lipinski definition) is 5. The largest absolute Gasteiger partial charge is 0.481 e. The molecule has 0 radical (unpaired) electrons. The lowest BCUT2D eigenvalue weighted by Crippen LogP contribution is -2.43. The summed E-state index contributed by atoms with van der Waals surface area (Å²) in [6.07, 6.45) is -3.95. The highest BCUT2D eigenvalue weighted by molar-refractivity contribution is 7.60. The first-order valence-corrected chi connectivity index (χ1v) is 14.4. The molecule has 0 spiro atoms. The molecule has 3 unspecified atom stereocenters. The van der Waals surface area contributed by atoms with Gasteiger partial charge in [0.1, 0.15) is 18.3 Å². The molecule has 3 aromatic rings. The van der Waals surface area contributed by atoms with Gasteiger partial charge in [-0.1, -0.05) is 29.8 Å². The Hall–Kier alpha value is -2.81. The molecular formula is C22H25N3O12P2. The topological polar surface area (TPSA) is 220 Å². The van der Waals surface area contributed by atoms with Gasteiger partial charge in [0.2, 0.25) is 0 Å². The van der Waals surface area contributed by atoms with E-state index in [1.54, 1.807) is 18.3 Å². The van der Waals surface area contributed by atoms with Crippen molar-refractivity contribution >= 4 is 15.6 Å². The predicted molar refractivity (Wildman–Crippen MR) is 133 cm³/mol. The van der Waals surface area contributed by atoms with Gasteiger partial charge in [-0.25, -0.2) is 13.9 Å². The maximum Gasteiger partial charge on any atom is 0.481 e. The summed E-state index contributed by atoms with van der Waals surface area (Å²) in [6.45, 7) is 0.791. The molecule has 2 aromatic heterocycles. The minimum Gasteiger partial charge on any atom is -0.387 e. The number of rotatable bonds is 9. The summed E-state index contributed by atoms with van der Waals surface area (Å²) in [6, 6.07) is 12.3. The molecule has 1 saturated heterocycles. The molecule has 39 heavy (non-hydrogen) atoms. The SMILES string of the molecule is Cc1cccc(-c2ccnc(Cn3c(=O)ccn([C@@H]4O[C@H](COP(=O)(O)OP(=O)(O)O)C(O)C4O)c3=O)c2)c1. The van der Waals surface area contributed by atoms with Gasteiger partial charge in [-0.05, 0) is 30.2 Å². The lowest BCUT2D eigenvalue weighted by atomic mass is 10.0. The Morgan fingerprint density at radius 1 is 1.03 bits per heavy atom. The second-order valence-corrected chi connectivity index (χ2v) is 11.5. The monoisotopic (exact) mass is 585 g/mol. The van der Waals surface area contributed by atoms with Crippen LogP contribution in [0.3, 0.4) is 0 Å². The summed E-state index contributed by atoms with van der Waals surface area (Å²) in [5.74, 6) is 0. The van der Waals surface area contributed by atoms with Crippen molar-refractivity contribution in [1.29, 1.82) is 0 Å². The molecule has 0 bridgehead atoms. The smallest absolute Gasteiger partial charge is 0.387 e. The molecule has 5 atom stereocenters. The highest BCUT2D eigenvalue weighted by Gasteiger charge is 2.46. The quantitative estimate of drug-likeness (QED) is 0.213. The van der Waals surface area contributed by atoms with Gasteiger partial charge < -0.3 is 29.6 Å². The zero-order chi connectivity index (χ0) is 28.5. The minimum absolute atomic E-state index is 0.219. The van der Waals surface area contributed by atoms with E-state index in [1.165, 1.54) is 0 Å². The second kappa shape index (κ2) is 11.4. The van der Waals surface area contributed by atoms with Crippen molar-refractivity contribution < 1.29 is 47.6 Å². The van der Waals surface area contributed by atoms with E-state index in [-0.39, 0.29) is 6.54 Å². The Balaban J connectivity index is 1.55. The van der Waals surface area contributed by atoms with Crippen molar-refractivity contribution in [1.82, 2.24) is 14.1 Å². The summed E-state index contributed by atoms with van der Waals surface area (Å²) in [5, 5.41) is 20.8. The van der Waals surface area contributed by atoms with Crippen LogP contribution in [-0.4, -0.2) is 63.9 Å². The van der Waals surface area contributed by atoms with Crippen LogP contribution >= 0.6 is 15.6 Å². The molecule has 5 N–H and O–H groups in total. The van der Waals surface area contributed by atoms with E-state index < -0.39 is 58.0 Å². The maximum atomic E-state index is 13.2. The van der Waals surface area contributed by atoms with E-state index in [4.69, 9.17) is 14.5 Å². The number of aromatic nitrogens is 3. The molecule has 0 saturated carbocycles. The molecule has 0 amide bonds. The van der Waals surface area contributed by atoms with E-state index in [1.807, 2.05) is 31.2 Å². The van der Waals surface area contributed by atoms with E-state index >= 15 is 0 Å². The minimum atomic E-state index is -5.38. The number of ether oxygens (including phenoxy) is 1. The first-order chi connectivity index (χ1) is 18.2. The molecule has 4 rings (SSSR count). The van der Waals surface area contributed by atoms with Crippen molar-refractivity contribution in [2.45, 2.75) is 38.0 Å². The summed E-state index contributed by atoms with van der Waals surface area (Å²) in [7, 11) is -10.6. The Labute approximate surface area is 220 Å². The highest BCUT2D eigenvalue weighted by Crippen LogP contribution is 2.57. The predicted octanol–water partition coefficient (Wildman–Crippen LogP) is 0.274. The van der Waals surface area contributed by atoms with Crippen LogP contribution in [0.5, 0.6) is 0 Å². The lowest BCUT2D eigenvalue weighted by molar-refractivity contribution is -0.0547. The van der Waals surface area contributed by atoms with Gasteiger partial charge >= 0.3 is 21.3 Å². The fraction of sp³-hybridized carbons (Fsp3) is 0.318. The van der Waals surface area contributed by atoms with Crippen LogP contribution in [0.2, 0.25) is 0 Å². The molecule has 1 aromatic carbocycles. The van der Waals surface area contributed by atoms with Crippen molar-refractivity contribution in [3.63, 3.8) is 0 Å². The van der Waals surface area contributed by atoms with Crippen molar-refractivity contribution in [2.75, 3.05) is 6.61 Å². The third-order valence-electron chi connectivity index (χ3n) is 5.81. The number of benzene rings is 1. The van der Waals surface area contributed by atoms with Gasteiger partial charge in [-0.15, -0.1) is 0 Å². The average Bonchev–Trinajstić information content (AvgIpc) is 3.13. The van der Waals surface area contributed by atoms with Crippen LogP contribution in [0, 0.1) is 6.92 Å². The second-order valence-electron chi connectivity index (χ2n) is 8.72. The number of nitrogens with zero attached hydrogens (tertiary/aromatic N) is 3. The van der Waals surface area contributed by atoms with Crippen LogP contribution < -0.4 is 11.2 Å². The van der Waals surface area contributed by atoms with Gasteiger partial charge in [0.25, 0.3) is 5.56 Å². The summed E-state index contributed by atoms with van der Waals surface area (Å²) in [5.41, 5.74) is 1.61. The number of aliphatic hydroxyl groups excluding tert-OH is 2. The molecule has 210 valence electrons. The Bertz CT molecular complexity index is 1570. The normalized spacial score (nSPS) is 23.0. The third-order valence-corrected chi connectivity index (χ3v) is 7.96. The molecule has 1 aliphatic rings. The molecule has 15 nitrogen and oxygen atoms in total. The van der Waals surface area contributed by atoms with Crippen LogP contribution in [0.15, 0.2) is 64.4 Å². The van der Waals surface area contributed by atoms with E-state index in [0.717, 1.165) is 38.1 Å². The number of hydrogen-bond acceptors (Lipinski definition) is 10. The summed E-state index contributed by atoms with van der Waals surface area (Å²) in [4.78, 5) is 56.8. The van der Waals surface area contributed by atoms with Crippen molar-refractivity contribution in [3.8, 4) is 11.1 Å². The Morgan fingerprint density at radius 2 is 1.74 bits per heavy atom. The van der Waals surface area contributed by atoms with Gasteiger partial charge in [-0.2, -0.15) is 4.31 Å². The molecule has 17 heteroatoms. The summed E-state index contributed by atoms with van der Waals surface area (Å²) < 4.78 is 37.7. The zero-order valence-electron chi connectivity index (χ0n) is 20.2. The number of aryl methyl sites for hydroxylation is 1. The lowest BCUT2D eigenvalue weighted by Gasteiger charge is -2.19. The number of phosphoric acid groups is 2. The van der Waals surface area contributed by atoms with Crippen LogP contribution in [0.1, 0.15) is 17.5 Å². The average molecular weight is 585 g/mol. The van der Waals surface area contributed by atoms with E-state index in [0.29, 0.717) is 5.69 Å². The number of pyridine rings is 1. The first-order valence-electron chi connectivity index (χ1n) is 11.3. The zero-order valence-corrected chi connectivity index (χ0v) is 22.0. The van der Waals surface area contributed by atoms with Gasteiger partial charge in [0.05, 0.1) is 18.8 Å². The Kier molecular flexibility index (Phi) is 8.50. The van der Waals surface area contributed by atoms with Gasteiger partial charge in [-0.3, -0.25) is 23.4 Å². The fourth-order valence-corrected chi connectivity index (χ4v) is 5.62. The van der Waals surface area contributed by atoms with Crippen LogP contribution in [-0.2, 0) is 29.2 Å². The van der Waals surface area contributed by atoms with Gasteiger partial charge in [0.15, 0.2) is 6.23 Å². The first kappa shape index (κ1) is 29.2. The summed E-state index contributed by atoms with van der Waals surface area (Å²) >= 11 is 0. The Morgan fingerprint density at radius 3 is 2.44 bits per heavy atom. The number of phosphoric ester groups is 1. The van der Waals surface area contributed by atoms with E-state index in [9.17, 15) is 33.8 Å². The van der Waals surface area contributed by atoms with Crippen molar-refractivity contribution in [2.24, 2.45) is 0 Å². The third kappa shape index (κ3) is 7.04. The van der Waals surface area contributed by atoms with E-state index in [2.05, 4.69) is 13.8 Å². The number of aliphatic hydroxyl groups is 2. The van der Waals surface area contributed by atoms with Crippen molar-refractivity contribution in [3.05, 3.63) is 87.0 Å². The molecule has 3 heterocycles. The highest BCUT2D eigenvalue weighted by atomic mass is 31.3. The fourth-order valence-electron chi connectivity index (χ4n) is 4.02. The standard InChI is InChI=1S/C22H25N3O12P2/c1-13-3-2-4-14(9-13)15-5-7-23-16(10-15)11-25-18(26)6-8-24(22(25)29)21-20(28)19(27)17(36-21)12-35-39(33,34)37-38(30,31)32/h2-10,17,19-21,27-28H,11-12H2,1H3,(H,33,34)(H2,30,31,32)/t17-,19?,20?,21-/m1/s1. The molecule has 1 fully saturated rings. The van der Waals surface area contributed by atoms with Gasteiger partial charge in [0, 0.05) is 18.5 Å². The van der Waals surface area contributed by atoms with Crippen LogP contribution in [0.4, 0.5) is 0 Å². The molecule has 1 aliphatic heterocycles. The maximum absolute atomic E-state index is 13.2. The molecular weight excluding hydrogens is 560 g/mol. The van der Waals surface area contributed by atoms with Crippen LogP contribution in [0.25, 0.3) is 11.1 Å². The molecule has 0 aliphatic carbocycles.